The second-order valence-corrected chi connectivity index (χ2v) is 15.0. The summed E-state index contributed by atoms with van der Waals surface area (Å²) in [6.45, 7) is 0. The van der Waals surface area contributed by atoms with E-state index in [1.807, 2.05) is 127 Å². The summed E-state index contributed by atoms with van der Waals surface area (Å²) in [5.41, 5.74) is 4.22. The maximum absolute atomic E-state index is 14.1. The topological polar surface area (TPSA) is 126 Å². The fourth-order valence-corrected chi connectivity index (χ4v) is 8.51. The van der Waals surface area contributed by atoms with E-state index in [1.165, 1.54) is 0 Å². The lowest BCUT2D eigenvalue weighted by molar-refractivity contribution is -0.129. The van der Waals surface area contributed by atoms with E-state index >= 15 is 0 Å². The molecule has 0 aliphatic heterocycles. The van der Waals surface area contributed by atoms with E-state index in [2.05, 4.69) is 16.0 Å². The molecule has 0 radical (unpaired) electrons. The number of rotatable bonds is 6. The Labute approximate surface area is 327 Å². The Kier molecular flexibility index (Phi) is 8.48. The molecule has 0 unspecified atom stereocenters. The van der Waals surface area contributed by atoms with Crippen molar-refractivity contribution >= 4 is 99.8 Å². The highest BCUT2D eigenvalue weighted by atomic mass is 16.2. The number of anilines is 3. The molecular weight excluding hydrogens is 709 g/mol. The minimum Gasteiger partial charge on any atom is -0.324 e. The van der Waals surface area contributed by atoms with Gasteiger partial charge in [0.25, 0.3) is 0 Å². The van der Waals surface area contributed by atoms with Gasteiger partial charge in [0.15, 0.2) is 0 Å². The van der Waals surface area contributed by atoms with Gasteiger partial charge in [-0.15, -0.1) is 0 Å². The standard InChI is InChI=1S/C48H36N6O3/c55-46(52-37-22-31-16-13-28-7-1-4-10-40(28)43(31)49-25-37)34-19-35(47(56)53-38-23-32-17-14-29-8-2-5-11-41(29)44(32)50-26-38)21-36(20-34)48(57)54-39-24-33-18-15-30-9-3-6-12-42(30)45(33)51-27-39/h1-18,22-27,34-36H,19-21H2,(H,52,55)(H,53,56)(H,54,57). The van der Waals surface area contributed by atoms with E-state index in [1.54, 1.807) is 18.6 Å². The molecule has 1 aliphatic carbocycles. The first-order chi connectivity index (χ1) is 27.9. The van der Waals surface area contributed by atoms with Crippen LogP contribution in [0.15, 0.2) is 146 Å². The molecule has 9 heteroatoms. The minimum absolute atomic E-state index is 0.259. The van der Waals surface area contributed by atoms with Crippen LogP contribution in [-0.4, -0.2) is 32.7 Å². The van der Waals surface area contributed by atoms with Gasteiger partial charge in [0.05, 0.1) is 52.2 Å². The average Bonchev–Trinajstić information content (AvgIpc) is 3.25. The van der Waals surface area contributed by atoms with E-state index in [4.69, 9.17) is 15.0 Å². The molecule has 57 heavy (non-hydrogen) atoms. The number of carbonyl (C=O) groups is 3. The Hall–Kier alpha value is -7.26. The number of nitrogens with zero attached hydrogens (tertiary/aromatic N) is 3. The van der Waals surface area contributed by atoms with Crippen LogP contribution in [0.2, 0.25) is 0 Å². The van der Waals surface area contributed by atoms with Gasteiger partial charge in [-0.05, 0) is 53.6 Å². The van der Waals surface area contributed by atoms with E-state index < -0.39 is 17.8 Å². The van der Waals surface area contributed by atoms with Crippen molar-refractivity contribution in [2.45, 2.75) is 19.3 Å². The third-order valence-corrected chi connectivity index (χ3v) is 11.3. The van der Waals surface area contributed by atoms with Crippen molar-refractivity contribution in [2.24, 2.45) is 17.8 Å². The summed E-state index contributed by atoms with van der Waals surface area (Å²) >= 11 is 0. The number of pyridine rings is 3. The summed E-state index contributed by atoms with van der Waals surface area (Å²) in [4.78, 5) is 56.3. The van der Waals surface area contributed by atoms with E-state index in [9.17, 15) is 14.4 Å². The summed E-state index contributed by atoms with van der Waals surface area (Å²) < 4.78 is 0. The van der Waals surface area contributed by atoms with Crippen molar-refractivity contribution in [3.63, 3.8) is 0 Å². The molecule has 0 spiro atoms. The molecule has 0 bridgehead atoms. The predicted octanol–water partition coefficient (Wildman–Crippen LogP) is 10.0. The number of carbonyl (C=O) groups excluding carboxylic acids is 3. The van der Waals surface area contributed by atoms with E-state index in [0.717, 1.165) is 65.0 Å². The number of hydrogen-bond donors (Lipinski definition) is 3. The Morgan fingerprint density at radius 1 is 0.386 bits per heavy atom. The van der Waals surface area contributed by atoms with Gasteiger partial charge < -0.3 is 16.0 Å². The smallest absolute Gasteiger partial charge is 0.227 e. The summed E-state index contributed by atoms with van der Waals surface area (Å²) in [6.07, 6.45) is 5.83. The summed E-state index contributed by atoms with van der Waals surface area (Å²) in [6, 6.07) is 42.0. The normalized spacial score (nSPS) is 16.9. The fraction of sp³-hybridized carbons (Fsp3) is 0.125. The Morgan fingerprint density at radius 2 is 0.667 bits per heavy atom. The summed E-state index contributed by atoms with van der Waals surface area (Å²) in [5, 5.41) is 18.2. The van der Waals surface area contributed by atoms with Crippen molar-refractivity contribution < 1.29 is 14.4 Å². The van der Waals surface area contributed by atoms with Crippen LogP contribution in [0.25, 0.3) is 65.0 Å². The minimum atomic E-state index is -0.611. The monoisotopic (exact) mass is 744 g/mol. The van der Waals surface area contributed by atoms with Crippen molar-refractivity contribution in [3.05, 3.63) is 146 Å². The lowest BCUT2D eigenvalue weighted by atomic mass is 9.74. The highest BCUT2D eigenvalue weighted by Gasteiger charge is 2.39. The van der Waals surface area contributed by atoms with Crippen LogP contribution >= 0.6 is 0 Å². The molecule has 3 N–H and O–H groups in total. The molecule has 3 aromatic heterocycles. The molecule has 9 nitrogen and oxygen atoms in total. The first-order valence-corrected chi connectivity index (χ1v) is 19.2. The molecular formula is C48H36N6O3. The zero-order valence-corrected chi connectivity index (χ0v) is 30.8. The lowest BCUT2D eigenvalue weighted by Crippen LogP contribution is -2.40. The molecule has 10 rings (SSSR count). The number of aromatic nitrogens is 3. The molecule has 0 atom stereocenters. The SMILES string of the molecule is O=C(Nc1cnc2c(ccc3ccccc32)c1)C1CC(C(=O)Nc2cnc3c(ccc4ccccc43)c2)CC(C(=O)Nc2cnc3c(ccc4ccccc43)c2)C1. The quantitative estimate of drug-likeness (QED) is 0.146. The molecule has 3 amide bonds. The van der Waals surface area contributed by atoms with Crippen LogP contribution in [0.3, 0.4) is 0 Å². The van der Waals surface area contributed by atoms with Crippen LogP contribution in [0, 0.1) is 17.8 Å². The van der Waals surface area contributed by atoms with Gasteiger partial charge in [0, 0.05) is 50.1 Å². The molecule has 0 saturated heterocycles. The Balaban J connectivity index is 0.917. The van der Waals surface area contributed by atoms with Gasteiger partial charge in [0.2, 0.25) is 17.7 Å². The zero-order valence-electron chi connectivity index (χ0n) is 30.8. The lowest BCUT2D eigenvalue weighted by Gasteiger charge is -2.33. The van der Waals surface area contributed by atoms with Gasteiger partial charge >= 0.3 is 0 Å². The van der Waals surface area contributed by atoms with Gasteiger partial charge in [-0.1, -0.05) is 109 Å². The fourth-order valence-electron chi connectivity index (χ4n) is 8.51. The molecule has 9 aromatic rings. The summed E-state index contributed by atoms with van der Waals surface area (Å²) in [7, 11) is 0. The second-order valence-electron chi connectivity index (χ2n) is 15.0. The maximum Gasteiger partial charge on any atom is 0.227 e. The van der Waals surface area contributed by atoms with Crippen LogP contribution in [-0.2, 0) is 14.4 Å². The molecule has 1 saturated carbocycles. The number of fused-ring (bicyclic) bond motifs is 9. The molecule has 1 aliphatic rings. The molecule has 3 heterocycles. The zero-order chi connectivity index (χ0) is 38.5. The van der Waals surface area contributed by atoms with Gasteiger partial charge in [-0.2, -0.15) is 0 Å². The number of benzene rings is 6. The Bertz CT molecular complexity index is 2750. The highest BCUT2D eigenvalue weighted by molar-refractivity contribution is 6.09. The maximum atomic E-state index is 14.1. The largest absolute Gasteiger partial charge is 0.324 e. The van der Waals surface area contributed by atoms with Crippen molar-refractivity contribution in [2.75, 3.05) is 16.0 Å². The summed E-state index contributed by atoms with van der Waals surface area (Å²) in [5.74, 6) is -2.61. The van der Waals surface area contributed by atoms with E-state index in [0.29, 0.717) is 17.1 Å². The Morgan fingerprint density at radius 3 is 0.982 bits per heavy atom. The van der Waals surface area contributed by atoms with E-state index in [-0.39, 0.29) is 37.0 Å². The van der Waals surface area contributed by atoms with Crippen LogP contribution in [0.4, 0.5) is 17.1 Å². The van der Waals surface area contributed by atoms with Crippen LogP contribution in [0.5, 0.6) is 0 Å². The number of amides is 3. The van der Waals surface area contributed by atoms with Crippen molar-refractivity contribution in [3.8, 4) is 0 Å². The van der Waals surface area contributed by atoms with Crippen LogP contribution in [0.1, 0.15) is 19.3 Å². The molecule has 1 fully saturated rings. The number of nitrogens with one attached hydrogen (secondary N) is 3. The number of hydrogen-bond acceptors (Lipinski definition) is 6. The first-order valence-electron chi connectivity index (χ1n) is 19.2. The third-order valence-electron chi connectivity index (χ3n) is 11.3. The molecule has 276 valence electrons. The van der Waals surface area contributed by atoms with Crippen molar-refractivity contribution in [1.82, 2.24) is 15.0 Å². The van der Waals surface area contributed by atoms with Crippen molar-refractivity contribution in [1.29, 1.82) is 0 Å². The highest BCUT2D eigenvalue weighted by Crippen LogP contribution is 2.37. The first kappa shape index (κ1) is 34.2. The second kappa shape index (κ2) is 14.1. The van der Waals surface area contributed by atoms with Gasteiger partial charge in [0.1, 0.15) is 0 Å². The third kappa shape index (κ3) is 6.53. The average molecular weight is 745 g/mol. The predicted molar refractivity (Wildman–Crippen MR) is 228 cm³/mol. The van der Waals surface area contributed by atoms with Crippen LogP contribution < -0.4 is 16.0 Å². The van der Waals surface area contributed by atoms with Gasteiger partial charge in [-0.25, -0.2) is 0 Å². The molecule has 6 aromatic carbocycles. The van der Waals surface area contributed by atoms with Gasteiger partial charge in [-0.3, -0.25) is 29.3 Å².